The molecule has 0 spiro atoms. The molecule has 1 aliphatic heterocycles. The van der Waals surface area contributed by atoms with Crippen molar-refractivity contribution in [1.29, 1.82) is 0 Å². The molecule has 1 rings (SSSR count). The van der Waals surface area contributed by atoms with Gasteiger partial charge in [0.05, 0.1) is 0 Å². The summed E-state index contributed by atoms with van der Waals surface area (Å²) in [6, 6.07) is -1.01. The lowest BCUT2D eigenvalue weighted by Gasteiger charge is -2.32. The van der Waals surface area contributed by atoms with E-state index < -0.39 is 17.9 Å². The van der Waals surface area contributed by atoms with Crippen LogP contribution in [0.1, 0.15) is 0 Å². The zero-order chi connectivity index (χ0) is 11.4. The molecule has 1 unspecified atom stereocenters. The number of hydrogen-bond donors (Lipinski definition) is 2. The van der Waals surface area contributed by atoms with E-state index in [0.29, 0.717) is 0 Å². The Balaban J connectivity index is 2.74. The van der Waals surface area contributed by atoms with Crippen LogP contribution in [0.3, 0.4) is 0 Å². The van der Waals surface area contributed by atoms with Gasteiger partial charge in [-0.05, 0) is 0 Å². The van der Waals surface area contributed by atoms with Gasteiger partial charge in [0.2, 0.25) is 11.8 Å². The maximum atomic E-state index is 11.4. The third kappa shape index (κ3) is 2.66. The number of carboxylic acids is 1. The first-order valence-electron chi connectivity index (χ1n) is 4.34. The lowest BCUT2D eigenvalue weighted by Crippen LogP contribution is -2.59. The van der Waals surface area contributed by atoms with Crippen molar-refractivity contribution in [2.45, 2.75) is 6.04 Å². The second kappa shape index (κ2) is 4.74. The number of nitrogens with zero attached hydrogens (tertiary/aromatic N) is 1. The number of hydrogen-bond acceptors (Lipinski definition) is 4. The van der Waals surface area contributed by atoms with Gasteiger partial charge in [-0.3, -0.25) is 9.59 Å². The summed E-state index contributed by atoms with van der Waals surface area (Å²) in [6.07, 6.45) is 0. The normalized spacial score (nSPS) is 21.0. The first-order valence-corrected chi connectivity index (χ1v) is 4.34. The number of nitrogens with one attached hydrogen (secondary N) is 1. The van der Waals surface area contributed by atoms with E-state index in [1.165, 1.54) is 7.11 Å². The largest absolute Gasteiger partial charge is 0.480 e. The van der Waals surface area contributed by atoms with Crippen molar-refractivity contribution >= 4 is 17.8 Å². The van der Waals surface area contributed by atoms with E-state index in [4.69, 9.17) is 5.11 Å². The topological polar surface area (TPSA) is 95.9 Å². The molecular formula is C8H12N2O5. The van der Waals surface area contributed by atoms with Gasteiger partial charge in [0.15, 0.2) is 0 Å². The zero-order valence-corrected chi connectivity index (χ0v) is 8.23. The van der Waals surface area contributed by atoms with Crippen LogP contribution in [0.2, 0.25) is 0 Å². The fourth-order valence-electron chi connectivity index (χ4n) is 1.33. The summed E-state index contributed by atoms with van der Waals surface area (Å²) in [4.78, 5) is 34.2. The van der Waals surface area contributed by atoms with Crippen molar-refractivity contribution in [2.24, 2.45) is 0 Å². The minimum absolute atomic E-state index is 0.0659. The van der Waals surface area contributed by atoms with E-state index in [2.05, 4.69) is 10.1 Å². The first kappa shape index (κ1) is 11.4. The van der Waals surface area contributed by atoms with Crippen LogP contribution in [0, 0.1) is 0 Å². The maximum absolute atomic E-state index is 11.4. The molecule has 1 heterocycles. The molecule has 0 radical (unpaired) electrons. The molecule has 0 aromatic rings. The molecule has 2 amide bonds. The van der Waals surface area contributed by atoms with Crippen molar-refractivity contribution in [3.63, 3.8) is 0 Å². The van der Waals surface area contributed by atoms with E-state index in [1.54, 1.807) is 0 Å². The van der Waals surface area contributed by atoms with Crippen LogP contribution < -0.4 is 5.32 Å². The average molecular weight is 216 g/mol. The summed E-state index contributed by atoms with van der Waals surface area (Å²) in [7, 11) is 1.33. The van der Waals surface area contributed by atoms with Crippen LogP contribution in [0.15, 0.2) is 0 Å². The highest BCUT2D eigenvalue weighted by Crippen LogP contribution is 2.05. The van der Waals surface area contributed by atoms with Crippen LogP contribution in [0.4, 0.5) is 0 Å². The first-order chi connectivity index (χ1) is 7.06. The molecule has 1 fully saturated rings. The number of carboxylic acid groups (broad SMARTS) is 1. The van der Waals surface area contributed by atoms with Gasteiger partial charge in [-0.2, -0.15) is 0 Å². The monoisotopic (exact) mass is 216 g/mol. The van der Waals surface area contributed by atoms with Crippen molar-refractivity contribution in [2.75, 3.05) is 26.8 Å². The van der Waals surface area contributed by atoms with Crippen LogP contribution in [0.25, 0.3) is 0 Å². The molecule has 1 atom stereocenters. The minimum Gasteiger partial charge on any atom is -0.480 e. The van der Waals surface area contributed by atoms with Gasteiger partial charge in [-0.1, -0.05) is 0 Å². The average Bonchev–Trinajstić information content (AvgIpc) is 2.17. The van der Waals surface area contributed by atoms with Gasteiger partial charge in [0.1, 0.15) is 19.2 Å². The zero-order valence-electron chi connectivity index (χ0n) is 8.23. The Labute approximate surface area is 86.0 Å². The number of piperazine rings is 1. The standard InChI is InChI=1S/C8H12N2O5/c1-15-4-7(12)10-3-6(11)9-2-5(10)8(13)14/h5H,2-4H2,1H3,(H,9,11)(H,13,14). The Kier molecular flexibility index (Phi) is 3.62. The van der Waals surface area contributed by atoms with Gasteiger partial charge in [-0.25, -0.2) is 4.79 Å². The van der Waals surface area contributed by atoms with Crippen molar-refractivity contribution in [3.8, 4) is 0 Å². The minimum atomic E-state index is -1.14. The maximum Gasteiger partial charge on any atom is 0.328 e. The number of ether oxygens (including phenoxy) is 1. The number of amides is 2. The van der Waals surface area contributed by atoms with E-state index in [0.717, 1.165) is 4.90 Å². The smallest absolute Gasteiger partial charge is 0.328 e. The molecule has 15 heavy (non-hydrogen) atoms. The van der Waals surface area contributed by atoms with Crippen molar-refractivity contribution < 1.29 is 24.2 Å². The summed E-state index contributed by atoms with van der Waals surface area (Å²) in [5.74, 6) is -2.00. The van der Waals surface area contributed by atoms with E-state index in [1.807, 2.05) is 0 Å². The summed E-state index contributed by atoms with van der Waals surface area (Å²) in [5, 5.41) is 11.2. The molecule has 7 heteroatoms. The molecule has 0 aromatic carbocycles. The second-order valence-electron chi connectivity index (χ2n) is 3.11. The van der Waals surface area contributed by atoms with E-state index in [-0.39, 0.29) is 25.6 Å². The molecule has 0 aromatic heterocycles. The fourth-order valence-corrected chi connectivity index (χ4v) is 1.33. The number of aliphatic carboxylic acids is 1. The fraction of sp³-hybridized carbons (Fsp3) is 0.625. The predicted octanol–water partition coefficient (Wildman–Crippen LogP) is -1.96. The number of carbonyl (C=O) groups is 3. The van der Waals surface area contributed by atoms with Crippen LogP contribution in [-0.2, 0) is 19.1 Å². The highest BCUT2D eigenvalue weighted by Gasteiger charge is 2.34. The predicted molar refractivity (Wildman–Crippen MR) is 48.0 cm³/mol. The molecule has 0 aliphatic carbocycles. The summed E-state index contributed by atoms with van der Waals surface area (Å²) < 4.78 is 4.60. The molecule has 84 valence electrons. The van der Waals surface area contributed by atoms with Crippen LogP contribution in [0.5, 0.6) is 0 Å². The number of rotatable bonds is 3. The summed E-state index contributed by atoms with van der Waals surface area (Å²) in [6.45, 7) is -0.528. The highest BCUT2D eigenvalue weighted by atomic mass is 16.5. The van der Waals surface area contributed by atoms with Gasteiger partial charge >= 0.3 is 5.97 Å². The van der Waals surface area contributed by atoms with Gasteiger partial charge in [0, 0.05) is 13.7 Å². The Morgan fingerprint density at radius 2 is 2.33 bits per heavy atom. The summed E-state index contributed by atoms with van der Waals surface area (Å²) >= 11 is 0. The third-order valence-electron chi connectivity index (χ3n) is 2.06. The van der Waals surface area contributed by atoms with E-state index >= 15 is 0 Å². The van der Waals surface area contributed by atoms with Gasteiger partial charge < -0.3 is 20.1 Å². The second-order valence-corrected chi connectivity index (χ2v) is 3.11. The summed E-state index contributed by atoms with van der Waals surface area (Å²) in [5.41, 5.74) is 0. The molecule has 0 bridgehead atoms. The molecular weight excluding hydrogens is 204 g/mol. The lowest BCUT2D eigenvalue weighted by molar-refractivity contribution is -0.155. The van der Waals surface area contributed by atoms with Gasteiger partial charge in [0.25, 0.3) is 0 Å². The Morgan fingerprint density at radius 3 is 2.87 bits per heavy atom. The number of methoxy groups -OCH3 is 1. The molecule has 7 nitrogen and oxygen atoms in total. The molecule has 1 saturated heterocycles. The Hall–Kier alpha value is -1.63. The number of carbonyl (C=O) groups excluding carboxylic acids is 2. The third-order valence-corrected chi connectivity index (χ3v) is 2.06. The van der Waals surface area contributed by atoms with Crippen LogP contribution in [-0.4, -0.2) is 60.6 Å². The van der Waals surface area contributed by atoms with Crippen LogP contribution >= 0.6 is 0 Å². The quantitative estimate of drug-likeness (QED) is 0.571. The molecule has 1 aliphatic rings. The van der Waals surface area contributed by atoms with Crippen molar-refractivity contribution in [3.05, 3.63) is 0 Å². The van der Waals surface area contributed by atoms with Crippen molar-refractivity contribution in [1.82, 2.24) is 10.2 Å². The lowest BCUT2D eigenvalue weighted by atomic mass is 10.2. The SMILES string of the molecule is COCC(=O)N1CC(=O)NCC1C(=O)O. The Morgan fingerprint density at radius 1 is 1.67 bits per heavy atom. The molecule has 0 saturated carbocycles. The highest BCUT2D eigenvalue weighted by molar-refractivity contribution is 5.91. The molecule has 2 N–H and O–H groups in total. The van der Waals surface area contributed by atoms with Gasteiger partial charge in [-0.15, -0.1) is 0 Å². The van der Waals surface area contributed by atoms with E-state index in [9.17, 15) is 14.4 Å². The Bertz CT molecular complexity index is 291.